The van der Waals surface area contributed by atoms with E-state index in [9.17, 15) is 22.7 Å². The Morgan fingerprint density at radius 1 is 1.17 bits per heavy atom. The molecule has 0 unspecified atom stereocenters. The van der Waals surface area contributed by atoms with Crippen LogP contribution < -0.4 is 9.62 Å². The van der Waals surface area contributed by atoms with Crippen molar-refractivity contribution in [2.45, 2.75) is 25.3 Å². The van der Waals surface area contributed by atoms with Crippen molar-refractivity contribution in [1.29, 1.82) is 0 Å². The van der Waals surface area contributed by atoms with Gasteiger partial charge in [0.1, 0.15) is 11.3 Å². The van der Waals surface area contributed by atoms with Gasteiger partial charge in [-0.3, -0.25) is 9.10 Å². The van der Waals surface area contributed by atoms with Crippen LogP contribution in [-0.4, -0.2) is 26.5 Å². The number of amides is 1. The number of thiol groups is 1. The Morgan fingerprint density at radius 2 is 1.89 bits per heavy atom. The van der Waals surface area contributed by atoms with Gasteiger partial charge in [0.15, 0.2) is 11.6 Å². The number of carbonyl (C=O) groups excluding carboxylic acids is 1. The van der Waals surface area contributed by atoms with Crippen molar-refractivity contribution in [1.82, 2.24) is 5.32 Å². The number of benzene rings is 3. The predicted molar refractivity (Wildman–Crippen MR) is 137 cm³/mol. The number of furan rings is 1. The van der Waals surface area contributed by atoms with Gasteiger partial charge in [0.05, 0.1) is 17.8 Å². The van der Waals surface area contributed by atoms with Gasteiger partial charge in [-0.25, -0.2) is 12.8 Å². The standard InChI is InChI=1S/C26H22ClFN2O5S/c1-29-26(32)24-19-11-18(15-3-4-15)21(12-23(19)35-25(24)16-5-7-17(27)8-6-16)30(36(33)34)13-14-2-9-22(31)20(28)10-14/h2,5-12,15,31,36H,3-4,13H2,1H3,(H,29,32). The fourth-order valence-corrected chi connectivity index (χ4v) is 5.06. The lowest BCUT2D eigenvalue weighted by molar-refractivity contribution is 0.0964. The van der Waals surface area contributed by atoms with Crippen LogP contribution in [0.5, 0.6) is 5.75 Å². The highest BCUT2D eigenvalue weighted by Gasteiger charge is 2.32. The summed E-state index contributed by atoms with van der Waals surface area (Å²) >= 11 is 6.03. The van der Waals surface area contributed by atoms with E-state index in [4.69, 9.17) is 16.0 Å². The van der Waals surface area contributed by atoms with Crippen LogP contribution in [0.2, 0.25) is 5.02 Å². The number of carbonyl (C=O) groups is 1. The molecule has 0 radical (unpaired) electrons. The van der Waals surface area contributed by atoms with E-state index in [2.05, 4.69) is 5.32 Å². The smallest absolute Gasteiger partial charge is 0.255 e. The Morgan fingerprint density at radius 3 is 2.50 bits per heavy atom. The van der Waals surface area contributed by atoms with E-state index in [1.54, 1.807) is 30.3 Å². The average Bonchev–Trinajstić information content (AvgIpc) is 3.64. The highest BCUT2D eigenvalue weighted by Crippen LogP contribution is 2.48. The van der Waals surface area contributed by atoms with Crippen molar-refractivity contribution in [3.8, 4) is 17.1 Å². The van der Waals surface area contributed by atoms with Crippen LogP contribution in [0.1, 0.15) is 40.2 Å². The third-order valence-corrected chi connectivity index (χ3v) is 7.24. The first kappa shape index (κ1) is 24.1. The largest absolute Gasteiger partial charge is 0.505 e. The maximum atomic E-state index is 13.9. The molecule has 2 N–H and O–H groups in total. The summed E-state index contributed by atoms with van der Waals surface area (Å²) in [6, 6.07) is 14.1. The Bertz CT molecular complexity index is 1550. The van der Waals surface area contributed by atoms with Crippen LogP contribution in [0.25, 0.3) is 22.3 Å². The summed E-state index contributed by atoms with van der Waals surface area (Å²) in [4.78, 5) is 12.9. The number of halogens is 2. The summed E-state index contributed by atoms with van der Waals surface area (Å²) in [6.07, 6.45) is 1.76. The molecule has 10 heteroatoms. The number of hydrogen-bond acceptors (Lipinski definition) is 5. The van der Waals surface area contributed by atoms with Gasteiger partial charge in [-0.15, -0.1) is 0 Å². The van der Waals surface area contributed by atoms with E-state index >= 15 is 0 Å². The molecule has 1 amide bonds. The molecule has 1 saturated carbocycles. The number of nitrogens with one attached hydrogen (secondary N) is 1. The normalized spacial score (nSPS) is 13.3. The third kappa shape index (κ3) is 4.52. The molecule has 0 aliphatic heterocycles. The highest BCUT2D eigenvalue weighted by molar-refractivity contribution is 7.74. The second kappa shape index (κ2) is 9.48. The fourth-order valence-electron chi connectivity index (χ4n) is 4.30. The lowest BCUT2D eigenvalue weighted by atomic mass is 10.00. The molecule has 36 heavy (non-hydrogen) atoms. The number of phenols is 1. The molecule has 4 aromatic rings. The van der Waals surface area contributed by atoms with Crippen molar-refractivity contribution in [3.63, 3.8) is 0 Å². The molecule has 7 nitrogen and oxygen atoms in total. The minimum absolute atomic E-state index is 0.129. The summed E-state index contributed by atoms with van der Waals surface area (Å²) < 4.78 is 46.0. The molecule has 5 rings (SSSR count). The molecule has 1 fully saturated rings. The lowest BCUT2D eigenvalue weighted by Crippen LogP contribution is -2.22. The van der Waals surface area contributed by atoms with Crippen LogP contribution in [-0.2, 0) is 17.4 Å². The Kier molecular flexibility index (Phi) is 6.36. The van der Waals surface area contributed by atoms with Crippen molar-refractivity contribution < 1.29 is 27.1 Å². The van der Waals surface area contributed by atoms with Crippen molar-refractivity contribution in [2.75, 3.05) is 11.4 Å². The van der Waals surface area contributed by atoms with E-state index in [0.717, 1.165) is 28.8 Å². The summed E-state index contributed by atoms with van der Waals surface area (Å²) in [5.41, 5.74) is 2.90. The van der Waals surface area contributed by atoms with Gasteiger partial charge in [-0.05, 0) is 72.4 Å². The fraction of sp³-hybridized carbons (Fsp3) is 0.192. The zero-order valence-corrected chi connectivity index (χ0v) is 20.8. The molecule has 186 valence electrons. The van der Waals surface area contributed by atoms with Crippen LogP contribution >= 0.6 is 11.6 Å². The van der Waals surface area contributed by atoms with Crippen LogP contribution in [0.4, 0.5) is 10.1 Å². The minimum Gasteiger partial charge on any atom is -0.505 e. The van der Waals surface area contributed by atoms with Gasteiger partial charge < -0.3 is 14.8 Å². The maximum Gasteiger partial charge on any atom is 0.255 e. The number of phenolic OH excluding ortho intramolecular Hbond substituents is 1. The predicted octanol–water partition coefficient (Wildman–Crippen LogP) is 5.37. The van der Waals surface area contributed by atoms with Gasteiger partial charge in [0.2, 0.25) is 10.9 Å². The molecule has 0 bridgehead atoms. The molecule has 1 aliphatic rings. The molecule has 1 heterocycles. The first-order valence-corrected chi connectivity index (χ1v) is 12.8. The Labute approximate surface area is 213 Å². The second-order valence-electron chi connectivity index (χ2n) is 8.65. The summed E-state index contributed by atoms with van der Waals surface area (Å²) in [5, 5.41) is 13.3. The quantitative estimate of drug-likeness (QED) is 0.280. The summed E-state index contributed by atoms with van der Waals surface area (Å²) in [5.74, 6) is -1.20. The summed E-state index contributed by atoms with van der Waals surface area (Å²) in [6.45, 7) is -0.131. The van der Waals surface area contributed by atoms with Gasteiger partial charge in [-0.2, -0.15) is 0 Å². The Hall–Kier alpha value is -3.56. The van der Waals surface area contributed by atoms with Crippen LogP contribution in [0.15, 0.2) is 59.0 Å². The highest BCUT2D eigenvalue weighted by atomic mass is 35.5. The molecule has 1 aromatic heterocycles. The topological polar surface area (TPSA) is 99.8 Å². The zero-order valence-electron chi connectivity index (χ0n) is 19.1. The number of rotatable bonds is 7. The monoisotopic (exact) mass is 528 g/mol. The van der Waals surface area contributed by atoms with Gasteiger partial charge in [0.25, 0.3) is 5.91 Å². The van der Waals surface area contributed by atoms with Crippen molar-refractivity contribution in [3.05, 3.63) is 82.1 Å². The van der Waals surface area contributed by atoms with E-state index in [-0.39, 0.29) is 18.4 Å². The molecular weight excluding hydrogens is 507 g/mol. The number of fused-ring (bicyclic) bond motifs is 1. The Balaban J connectivity index is 1.69. The van der Waals surface area contributed by atoms with E-state index in [1.807, 2.05) is 6.07 Å². The van der Waals surface area contributed by atoms with Crippen LogP contribution in [0.3, 0.4) is 0 Å². The van der Waals surface area contributed by atoms with Crippen LogP contribution in [0, 0.1) is 5.82 Å². The number of hydrogen-bond donors (Lipinski definition) is 3. The van der Waals surface area contributed by atoms with E-state index in [1.165, 1.54) is 19.2 Å². The molecule has 0 atom stereocenters. The first-order valence-electron chi connectivity index (χ1n) is 11.2. The second-order valence-corrected chi connectivity index (χ2v) is 10.0. The zero-order chi connectivity index (χ0) is 25.6. The van der Waals surface area contributed by atoms with E-state index in [0.29, 0.717) is 44.1 Å². The molecule has 3 aromatic carbocycles. The lowest BCUT2D eigenvalue weighted by Gasteiger charge is -2.21. The first-order chi connectivity index (χ1) is 17.3. The SMILES string of the molecule is CNC(=O)c1c(-c2ccc(Cl)cc2)oc2cc(N(Cc3ccc(O)c(F)c3)[SH](=O)=O)c(C3CC3)cc12. The molecular formula is C26H22ClFN2O5S. The van der Waals surface area contributed by atoms with Gasteiger partial charge in [-0.1, -0.05) is 17.7 Å². The molecule has 1 aliphatic carbocycles. The number of nitrogens with zero attached hydrogens (tertiary/aromatic N) is 1. The molecule has 0 saturated heterocycles. The summed E-state index contributed by atoms with van der Waals surface area (Å²) in [7, 11) is -1.57. The van der Waals surface area contributed by atoms with Gasteiger partial charge >= 0.3 is 0 Å². The average molecular weight is 529 g/mol. The third-order valence-electron chi connectivity index (χ3n) is 6.23. The van der Waals surface area contributed by atoms with Crippen molar-refractivity contribution in [2.24, 2.45) is 0 Å². The minimum atomic E-state index is -3.10. The van der Waals surface area contributed by atoms with Gasteiger partial charge in [0, 0.05) is 29.1 Å². The maximum absolute atomic E-state index is 13.9. The van der Waals surface area contributed by atoms with Crippen molar-refractivity contribution >= 4 is 45.1 Å². The van der Waals surface area contributed by atoms with E-state index < -0.39 is 22.5 Å². The molecule has 0 spiro atoms. The number of anilines is 1. The number of aromatic hydroxyl groups is 1.